The van der Waals surface area contributed by atoms with Gasteiger partial charge in [-0.05, 0) is 39.7 Å². The third-order valence-corrected chi connectivity index (χ3v) is 4.04. The molecule has 1 atom stereocenters. The van der Waals surface area contributed by atoms with Crippen molar-refractivity contribution in [2.24, 2.45) is 17.2 Å². The molecule has 26 heavy (non-hydrogen) atoms. The van der Waals surface area contributed by atoms with Gasteiger partial charge in [-0.1, -0.05) is 11.6 Å². The molecule has 1 aromatic rings. The van der Waals surface area contributed by atoms with Crippen LogP contribution in [-0.2, 0) is 4.74 Å². The van der Waals surface area contributed by atoms with Crippen LogP contribution in [0.25, 0.3) is 5.57 Å². The molecule has 1 aliphatic heterocycles. The molecule has 8 nitrogen and oxygen atoms in total. The third kappa shape index (κ3) is 5.32. The van der Waals surface area contributed by atoms with E-state index in [4.69, 9.17) is 33.5 Å². The van der Waals surface area contributed by atoms with Crippen LogP contribution in [0, 0.1) is 0 Å². The number of carbonyl (C=O) groups is 1. The summed E-state index contributed by atoms with van der Waals surface area (Å²) in [6.07, 6.45) is 6.44. The fourth-order valence-corrected chi connectivity index (χ4v) is 2.92. The van der Waals surface area contributed by atoms with Gasteiger partial charge in [0.25, 0.3) is 0 Å². The molecule has 6 N–H and O–H groups in total. The lowest BCUT2D eigenvalue weighted by Crippen LogP contribution is -2.43. The van der Waals surface area contributed by atoms with E-state index < -0.39 is 5.60 Å². The second-order valence-electron chi connectivity index (χ2n) is 7.33. The first kappa shape index (κ1) is 20.0. The molecule has 1 aromatic heterocycles. The lowest BCUT2D eigenvalue weighted by molar-refractivity contribution is 0.0167. The highest BCUT2D eigenvalue weighted by Crippen LogP contribution is 2.25. The van der Waals surface area contributed by atoms with Crippen molar-refractivity contribution < 1.29 is 9.53 Å². The van der Waals surface area contributed by atoms with E-state index in [9.17, 15) is 4.79 Å². The first-order chi connectivity index (χ1) is 12.1. The van der Waals surface area contributed by atoms with Gasteiger partial charge in [-0.2, -0.15) is 5.10 Å². The Morgan fingerprint density at radius 2 is 2.08 bits per heavy atom. The molecule has 2 rings (SSSR count). The monoisotopic (exact) mass is 382 g/mol. The second kappa shape index (κ2) is 7.90. The molecule has 0 aliphatic carbocycles. The average Bonchev–Trinajstić information content (AvgIpc) is 3.00. The number of rotatable bonds is 3. The molecule has 1 unspecified atom stereocenters. The van der Waals surface area contributed by atoms with Crippen LogP contribution in [0.1, 0.15) is 45.2 Å². The Hall–Kier alpha value is -2.35. The number of ether oxygens (including phenoxy) is 1. The first-order valence-corrected chi connectivity index (χ1v) is 8.85. The minimum atomic E-state index is -0.519. The molecule has 2 heterocycles. The van der Waals surface area contributed by atoms with Gasteiger partial charge in [0.15, 0.2) is 0 Å². The summed E-state index contributed by atoms with van der Waals surface area (Å²) in [7, 11) is 0. The van der Waals surface area contributed by atoms with Gasteiger partial charge in [0.1, 0.15) is 11.4 Å². The highest BCUT2D eigenvalue weighted by molar-refractivity contribution is 6.29. The van der Waals surface area contributed by atoms with Crippen LogP contribution < -0.4 is 17.2 Å². The summed E-state index contributed by atoms with van der Waals surface area (Å²) in [5.41, 5.74) is 17.7. The van der Waals surface area contributed by atoms with Crippen LogP contribution in [0.4, 0.5) is 4.79 Å². The van der Waals surface area contributed by atoms with E-state index in [0.717, 1.165) is 12.8 Å². The molecule has 1 amide bonds. The summed E-state index contributed by atoms with van der Waals surface area (Å²) in [6, 6.07) is 0.0441. The van der Waals surface area contributed by atoms with E-state index in [1.165, 1.54) is 6.08 Å². The number of likely N-dealkylation sites (tertiary alicyclic amines) is 1. The van der Waals surface area contributed by atoms with Crippen LogP contribution in [0.2, 0.25) is 0 Å². The average molecular weight is 383 g/mol. The van der Waals surface area contributed by atoms with Gasteiger partial charge < -0.3 is 26.8 Å². The summed E-state index contributed by atoms with van der Waals surface area (Å²) in [5, 5.41) is 4.48. The molecule has 1 fully saturated rings. The van der Waals surface area contributed by atoms with Gasteiger partial charge in [0.05, 0.1) is 17.4 Å². The smallest absolute Gasteiger partial charge is 0.410 e. The Morgan fingerprint density at radius 1 is 1.38 bits per heavy atom. The molecule has 0 spiro atoms. The number of amides is 1. The Labute approximate surface area is 158 Å². The van der Waals surface area contributed by atoms with E-state index in [-0.39, 0.29) is 23.1 Å². The predicted molar refractivity (Wildman–Crippen MR) is 102 cm³/mol. The number of allylic oxidation sites excluding steroid dienone is 2. The third-order valence-electron chi connectivity index (χ3n) is 3.93. The van der Waals surface area contributed by atoms with Crippen molar-refractivity contribution in [2.75, 3.05) is 13.1 Å². The molecule has 0 radical (unpaired) electrons. The van der Waals surface area contributed by atoms with Gasteiger partial charge in [-0.15, -0.1) is 0 Å². The Morgan fingerprint density at radius 3 is 2.65 bits per heavy atom. The molecule has 0 saturated carbocycles. The predicted octanol–water partition coefficient (Wildman–Crippen LogP) is 2.08. The summed E-state index contributed by atoms with van der Waals surface area (Å²) >= 11 is 5.74. The standard InChI is InChI=1S/C17H27ClN6O2/c1-17(2,3)26-16(25)23-6-4-5-12(10-23)24-9-11(8-22-24)13(15(20)21)7-14(18)19/h7-9,12H,4-6,10,19-21H2,1-3H3/b14-7-. The zero-order chi connectivity index (χ0) is 19.5. The van der Waals surface area contributed by atoms with Gasteiger partial charge in [0.2, 0.25) is 0 Å². The summed E-state index contributed by atoms with van der Waals surface area (Å²) in [5.74, 6) is 0.104. The minimum Gasteiger partial charge on any atom is -0.444 e. The number of nitrogens with zero attached hydrogens (tertiary/aromatic N) is 3. The second-order valence-corrected chi connectivity index (χ2v) is 7.77. The topological polar surface area (TPSA) is 125 Å². The summed E-state index contributed by atoms with van der Waals surface area (Å²) < 4.78 is 7.27. The fraction of sp³-hybridized carbons (Fsp3) is 0.529. The summed E-state index contributed by atoms with van der Waals surface area (Å²) in [6.45, 7) is 6.76. The maximum atomic E-state index is 12.3. The summed E-state index contributed by atoms with van der Waals surface area (Å²) in [4.78, 5) is 14.0. The van der Waals surface area contributed by atoms with Crippen LogP contribution in [0.3, 0.4) is 0 Å². The maximum absolute atomic E-state index is 12.3. The lowest BCUT2D eigenvalue weighted by atomic mass is 10.1. The van der Waals surface area contributed by atoms with Crippen molar-refractivity contribution in [1.82, 2.24) is 14.7 Å². The quantitative estimate of drug-likeness (QED) is 0.542. The van der Waals surface area contributed by atoms with Crippen molar-refractivity contribution in [2.45, 2.75) is 45.3 Å². The molecule has 144 valence electrons. The Kier molecular flexibility index (Phi) is 6.07. The van der Waals surface area contributed by atoms with Crippen molar-refractivity contribution in [1.29, 1.82) is 0 Å². The molecule has 1 saturated heterocycles. The SMILES string of the molecule is CC(C)(C)OC(=O)N1CCCC(n2cc(C(/C=C(\N)Cl)=C(N)N)cn2)C1. The van der Waals surface area contributed by atoms with Crippen LogP contribution in [-0.4, -0.2) is 39.5 Å². The van der Waals surface area contributed by atoms with E-state index in [0.29, 0.717) is 24.2 Å². The van der Waals surface area contributed by atoms with Crippen molar-refractivity contribution >= 4 is 23.3 Å². The molecule has 0 bridgehead atoms. The van der Waals surface area contributed by atoms with E-state index in [2.05, 4.69) is 5.10 Å². The van der Waals surface area contributed by atoms with Crippen LogP contribution >= 0.6 is 11.6 Å². The minimum absolute atomic E-state index is 0.0441. The molecule has 9 heteroatoms. The van der Waals surface area contributed by atoms with Crippen molar-refractivity contribution in [3.63, 3.8) is 0 Å². The Bertz CT molecular complexity index is 711. The van der Waals surface area contributed by atoms with Crippen molar-refractivity contribution in [3.8, 4) is 0 Å². The van der Waals surface area contributed by atoms with Gasteiger partial charge >= 0.3 is 6.09 Å². The van der Waals surface area contributed by atoms with E-state index in [1.54, 1.807) is 11.1 Å². The van der Waals surface area contributed by atoms with E-state index in [1.807, 2.05) is 31.6 Å². The van der Waals surface area contributed by atoms with Crippen LogP contribution in [0.5, 0.6) is 0 Å². The zero-order valence-electron chi connectivity index (χ0n) is 15.4. The number of hydrogen-bond donors (Lipinski definition) is 3. The van der Waals surface area contributed by atoms with Gasteiger partial charge in [-0.25, -0.2) is 4.79 Å². The Balaban J connectivity index is 2.15. The largest absolute Gasteiger partial charge is 0.444 e. The van der Waals surface area contributed by atoms with Gasteiger partial charge in [0, 0.05) is 30.4 Å². The molecule has 1 aliphatic rings. The normalized spacial score (nSPS) is 18.5. The van der Waals surface area contributed by atoms with Crippen molar-refractivity contribution in [3.05, 3.63) is 35.0 Å². The highest BCUT2D eigenvalue weighted by atomic mass is 35.5. The maximum Gasteiger partial charge on any atom is 0.410 e. The molecular weight excluding hydrogens is 356 g/mol. The zero-order valence-corrected chi connectivity index (χ0v) is 16.2. The van der Waals surface area contributed by atoms with Gasteiger partial charge in [-0.3, -0.25) is 4.68 Å². The molecule has 0 aromatic carbocycles. The molecular formula is C17H27ClN6O2. The number of aromatic nitrogens is 2. The number of carbonyl (C=O) groups excluding carboxylic acids is 1. The fourth-order valence-electron chi connectivity index (χ4n) is 2.81. The highest BCUT2D eigenvalue weighted by Gasteiger charge is 2.28. The van der Waals surface area contributed by atoms with Crippen LogP contribution in [0.15, 0.2) is 29.4 Å². The number of nitrogens with two attached hydrogens (primary N) is 3. The number of piperidine rings is 1. The first-order valence-electron chi connectivity index (χ1n) is 8.47. The number of hydrogen-bond acceptors (Lipinski definition) is 6. The lowest BCUT2D eigenvalue weighted by Gasteiger charge is -2.34. The van der Waals surface area contributed by atoms with E-state index >= 15 is 0 Å². The number of halogens is 1.